The Hall–Kier alpha value is 0.943. The van der Waals surface area contributed by atoms with E-state index in [0.717, 1.165) is 5.92 Å². The van der Waals surface area contributed by atoms with Crippen molar-refractivity contribution in [3.63, 3.8) is 0 Å². The molecule has 0 nitrogen and oxygen atoms in total. The molecule has 1 atom stereocenters. The summed E-state index contributed by atoms with van der Waals surface area (Å²) >= 11 is 1.62. The number of rotatable bonds is 0. The zero-order valence-electron chi connectivity index (χ0n) is 6.82. The Morgan fingerprint density at radius 2 is 2.00 bits per heavy atom. The standard InChI is InChI=1S/C9H11.2ClH.Zr/c1-2-5-9-7-3-6-8(9)4-1;;;/h1,4,9H,3,5-7H2;2*1H;/q;;;+2/p-2. The number of hydrogen-bond acceptors (Lipinski definition) is 0. The Bertz CT molecular complexity index is 209. The van der Waals surface area contributed by atoms with Crippen LogP contribution >= 0.6 is 0 Å². The molecule has 0 aliphatic heterocycles. The average Bonchev–Trinajstić information content (AvgIpc) is 2.33. The monoisotopic (exact) mass is 279 g/mol. The van der Waals surface area contributed by atoms with E-state index in [1.165, 1.54) is 25.7 Å². The molecule has 0 amide bonds. The van der Waals surface area contributed by atoms with Gasteiger partial charge in [-0.05, 0) is 0 Å². The molecule has 0 radical (unpaired) electrons. The van der Waals surface area contributed by atoms with Crippen molar-refractivity contribution in [3.05, 3.63) is 21.0 Å². The fourth-order valence-electron chi connectivity index (χ4n) is 1.94. The van der Waals surface area contributed by atoms with Gasteiger partial charge in [-0.1, -0.05) is 0 Å². The van der Waals surface area contributed by atoms with Crippen LogP contribution in [0.1, 0.15) is 25.7 Å². The van der Waals surface area contributed by atoms with Crippen LogP contribution in [0.3, 0.4) is 0 Å². The van der Waals surface area contributed by atoms with Gasteiger partial charge in [0.2, 0.25) is 0 Å². The summed E-state index contributed by atoms with van der Waals surface area (Å²) in [5, 5.41) is 0. The van der Waals surface area contributed by atoms with E-state index in [2.05, 4.69) is 12.2 Å². The first kappa shape index (κ1) is 12.9. The van der Waals surface area contributed by atoms with Crippen LogP contribution in [0.2, 0.25) is 0 Å². The van der Waals surface area contributed by atoms with Crippen LogP contribution in [0.15, 0.2) is 21.0 Å². The third-order valence-electron chi connectivity index (χ3n) is 2.51. The van der Waals surface area contributed by atoms with Gasteiger partial charge in [0.15, 0.2) is 0 Å². The molecule has 1 fully saturated rings. The fourth-order valence-corrected chi connectivity index (χ4v) is 2.75. The van der Waals surface area contributed by atoms with E-state index in [9.17, 15) is 0 Å². The predicted molar refractivity (Wildman–Crippen MR) is 38.1 cm³/mol. The van der Waals surface area contributed by atoms with Gasteiger partial charge in [0.1, 0.15) is 0 Å². The van der Waals surface area contributed by atoms with Crippen molar-refractivity contribution >= 4 is 0 Å². The topological polar surface area (TPSA) is 0 Å². The van der Waals surface area contributed by atoms with Gasteiger partial charge in [-0.2, -0.15) is 0 Å². The zero-order valence-corrected chi connectivity index (χ0v) is 10.8. The Morgan fingerprint density at radius 3 is 2.75 bits per heavy atom. The second kappa shape index (κ2) is 5.63. The molecule has 1 saturated carbocycles. The molecule has 1 unspecified atom stereocenters. The molecule has 2 aliphatic rings. The first-order chi connectivity index (χ1) is 4.86. The SMILES string of the molecule is [Cl-].[Cl-].[Zr+2][C]1=CC=C2CCCC2C1. The Balaban J connectivity index is 0.000000605. The van der Waals surface area contributed by atoms with Crippen LogP contribution in [-0.2, 0) is 24.7 Å². The van der Waals surface area contributed by atoms with Gasteiger partial charge >= 0.3 is 77.3 Å². The Labute approximate surface area is 102 Å². The van der Waals surface area contributed by atoms with Crippen molar-refractivity contribution in [2.75, 3.05) is 0 Å². The molecule has 65 valence electrons. The van der Waals surface area contributed by atoms with Gasteiger partial charge < -0.3 is 24.8 Å². The molecule has 3 heteroatoms. The normalized spacial score (nSPS) is 26.0. The molecule has 0 bridgehead atoms. The van der Waals surface area contributed by atoms with E-state index in [0.29, 0.717) is 0 Å². The maximum atomic E-state index is 2.37. The van der Waals surface area contributed by atoms with Gasteiger partial charge in [0, 0.05) is 0 Å². The van der Waals surface area contributed by atoms with Crippen LogP contribution in [-0.4, -0.2) is 0 Å². The number of allylic oxidation sites excluding steroid dienone is 4. The Morgan fingerprint density at radius 1 is 1.25 bits per heavy atom. The van der Waals surface area contributed by atoms with E-state index in [-0.39, 0.29) is 24.8 Å². The molecule has 0 aromatic heterocycles. The van der Waals surface area contributed by atoms with E-state index < -0.39 is 0 Å². The number of hydrogen-bond donors (Lipinski definition) is 0. The maximum absolute atomic E-state index is 2.37. The summed E-state index contributed by atoms with van der Waals surface area (Å²) in [5.74, 6) is 0.958. The molecule has 0 aromatic rings. The molecule has 0 saturated heterocycles. The fraction of sp³-hybridized carbons (Fsp3) is 0.556. The van der Waals surface area contributed by atoms with Gasteiger partial charge in [-0.3, -0.25) is 0 Å². The summed E-state index contributed by atoms with van der Waals surface area (Å²) in [7, 11) is 0. The van der Waals surface area contributed by atoms with Gasteiger partial charge in [0.25, 0.3) is 0 Å². The average molecular weight is 281 g/mol. The van der Waals surface area contributed by atoms with Crippen LogP contribution in [0.5, 0.6) is 0 Å². The summed E-state index contributed by atoms with van der Waals surface area (Å²) < 4.78 is 1.66. The molecule has 0 N–H and O–H groups in total. The molecule has 0 heterocycles. The second-order valence-electron chi connectivity index (χ2n) is 3.23. The van der Waals surface area contributed by atoms with Crippen molar-refractivity contribution in [2.24, 2.45) is 5.92 Å². The molecule has 12 heavy (non-hydrogen) atoms. The quantitative estimate of drug-likeness (QED) is 0.433. The van der Waals surface area contributed by atoms with E-state index in [1.54, 1.807) is 33.6 Å². The minimum atomic E-state index is 0. The molecule has 2 rings (SSSR count). The third-order valence-corrected chi connectivity index (χ3v) is 3.42. The van der Waals surface area contributed by atoms with Crippen molar-refractivity contribution in [1.29, 1.82) is 0 Å². The van der Waals surface area contributed by atoms with Crippen molar-refractivity contribution in [3.8, 4) is 0 Å². The molecular weight excluding hydrogens is 270 g/mol. The number of fused-ring (bicyclic) bond motifs is 1. The summed E-state index contributed by atoms with van der Waals surface area (Å²) in [4.78, 5) is 0. The summed E-state index contributed by atoms with van der Waals surface area (Å²) in [6, 6.07) is 0. The molecular formula is C9H11Cl2Zr. The first-order valence-corrected chi connectivity index (χ1v) is 5.20. The number of halogens is 2. The van der Waals surface area contributed by atoms with E-state index >= 15 is 0 Å². The summed E-state index contributed by atoms with van der Waals surface area (Å²) in [6.07, 6.45) is 10.3. The van der Waals surface area contributed by atoms with Crippen molar-refractivity contribution in [1.82, 2.24) is 0 Å². The van der Waals surface area contributed by atoms with Gasteiger partial charge in [0.05, 0.1) is 0 Å². The predicted octanol–water partition coefficient (Wildman–Crippen LogP) is -3.44. The summed E-state index contributed by atoms with van der Waals surface area (Å²) in [5.41, 5.74) is 1.73. The van der Waals surface area contributed by atoms with Gasteiger partial charge in [-0.25, -0.2) is 0 Å². The van der Waals surface area contributed by atoms with Crippen molar-refractivity contribution in [2.45, 2.75) is 25.7 Å². The Kier molecular flexibility index (Phi) is 6.07. The molecule has 0 aromatic carbocycles. The second-order valence-corrected chi connectivity index (χ2v) is 4.81. The van der Waals surface area contributed by atoms with Crippen molar-refractivity contribution < 1.29 is 49.5 Å². The van der Waals surface area contributed by atoms with Gasteiger partial charge in [-0.15, -0.1) is 0 Å². The van der Waals surface area contributed by atoms with E-state index in [4.69, 9.17) is 0 Å². The van der Waals surface area contributed by atoms with Crippen LogP contribution in [0, 0.1) is 5.92 Å². The molecule has 0 spiro atoms. The van der Waals surface area contributed by atoms with Crippen LogP contribution in [0.4, 0.5) is 0 Å². The molecule has 2 aliphatic carbocycles. The van der Waals surface area contributed by atoms with Crippen LogP contribution < -0.4 is 24.8 Å². The summed E-state index contributed by atoms with van der Waals surface area (Å²) in [6.45, 7) is 0. The van der Waals surface area contributed by atoms with E-state index in [1.807, 2.05) is 0 Å². The zero-order chi connectivity index (χ0) is 6.97. The van der Waals surface area contributed by atoms with Crippen LogP contribution in [0.25, 0.3) is 0 Å². The minimum absolute atomic E-state index is 0. The first-order valence-electron chi connectivity index (χ1n) is 3.97. The third kappa shape index (κ3) is 2.72.